The molecule has 0 bridgehead atoms. The molecule has 12 heavy (non-hydrogen) atoms. The number of unbranched alkanes of at least 4 members (excludes halogenated alkanes) is 2. The minimum absolute atomic E-state index is 0.639. The third kappa shape index (κ3) is 7.10. The second-order valence-electron chi connectivity index (χ2n) is 2.82. The van der Waals surface area contributed by atoms with Gasteiger partial charge in [0.15, 0.2) is 0 Å². The van der Waals surface area contributed by atoms with Crippen LogP contribution in [0.2, 0.25) is 6.55 Å². The predicted molar refractivity (Wildman–Crippen MR) is 54.6 cm³/mol. The van der Waals surface area contributed by atoms with Crippen LogP contribution in [0.25, 0.3) is 0 Å². The van der Waals surface area contributed by atoms with E-state index in [1.807, 2.05) is 13.5 Å². The summed E-state index contributed by atoms with van der Waals surface area (Å²) in [5.74, 6) is 0. The van der Waals surface area contributed by atoms with Crippen molar-refractivity contribution in [2.75, 3.05) is 13.2 Å². The first kappa shape index (κ1) is 12.4. The number of hydrogen-bond acceptors (Lipinski definition) is 2. The lowest BCUT2D eigenvalue weighted by molar-refractivity contribution is 0.197. The summed E-state index contributed by atoms with van der Waals surface area (Å²) in [6, 6.07) is 0. The van der Waals surface area contributed by atoms with Crippen molar-refractivity contribution < 1.29 is 8.85 Å². The lowest BCUT2D eigenvalue weighted by atomic mass is 10.3. The first-order valence-corrected chi connectivity index (χ1v) is 7.92. The topological polar surface area (TPSA) is 18.5 Å². The molecule has 0 N–H and O–H groups in total. The third-order valence-corrected chi connectivity index (χ3v) is 3.69. The van der Waals surface area contributed by atoms with E-state index in [-0.39, 0.29) is 0 Å². The van der Waals surface area contributed by atoms with Gasteiger partial charge < -0.3 is 8.85 Å². The summed E-state index contributed by atoms with van der Waals surface area (Å²) < 4.78 is 10.7. The minimum atomic E-state index is -2.28. The van der Waals surface area contributed by atoms with Crippen molar-refractivity contribution in [3.8, 4) is 0 Å². The highest BCUT2D eigenvalue weighted by Gasteiger charge is 2.27. The van der Waals surface area contributed by atoms with Crippen molar-refractivity contribution in [1.29, 1.82) is 0 Å². The van der Waals surface area contributed by atoms with E-state index >= 15 is 0 Å². The first-order valence-electron chi connectivity index (χ1n) is 4.59. The average molecular weight is 211 g/mol. The Morgan fingerprint density at radius 3 is 2.33 bits per heavy atom. The summed E-state index contributed by atoms with van der Waals surface area (Å²) in [7, 11) is -2.28. The zero-order valence-electron chi connectivity index (χ0n) is 8.23. The molecule has 1 unspecified atom stereocenters. The maximum absolute atomic E-state index is 6.01. The van der Waals surface area contributed by atoms with Crippen LogP contribution >= 0.6 is 11.1 Å². The number of halogens is 1. The molecule has 0 aromatic carbocycles. The Bertz CT molecular complexity index is 109. The van der Waals surface area contributed by atoms with Gasteiger partial charge in [-0.2, -0.15) is 0 Å². The normalized spacial score (nSPS) is 16.0. The van der Waals surface area contributed by atoms with Crippen molar-refractivity contribution in [3.05, 3.63) is 0 Å². The number of rotatable bonds is 7. The van der Waals surface area contributed by atoms with Gasteiger partial charge in [0.05, 0.1) is 0 Å². The van der Waals surface area contributed by atoms with E-state index in [1.165, 1.54) is 12.8 Å². The quantitative estimate of drug-likeness (QED) is 0.365. The molecule has 0 aliphatic heterocycles. The van der Waals surface area contributed by atoms with E-state index in [9.17, 15) is 0 Å². The van der Waals surface area contributed by atoms with Crippen LogP contribution in [-0.2, 0) is 8.85 Å². The molecule has 0 saturated carbocycles. The molecule has 74 valence electrons. The minimum Gasteiger partial charge on any atom is -0.383 e. The predicted octanol–water partition coefficient (Wildman–Crippen LogP) is 3.04. The highest BCUT2D eigenvalue weighted by molar-refractivity contribution is 7.12. The molecule has 0 amide bonds. The molecule has 0 spiro atoms. The lowest BCUT2D eigenvalue weighted by Crippen LogP contribution is -2.32. The molecule has 0 heterocycles. The second kappa shape index (κ2) is 6.89. The Labute approximate surface area is 81.2 Å². The Kier molecular flexibility index (Phi) is 7.14. The van der Waals surface area contributed by atoms with E-state index in [4.69, 9.17) is 19.9 Å². The summed E-state index contributed by atoms with van der Waals surface area (Å²) in [4.78, 5) is 0. The fourth-order valence-electron chi connectivity index (χ4n) is 0.906. The Hall–Kier alpha value is 0.427. The van der Waals surface area contributed by atoms with Gasteiger partial charge in [-0.15, -0.1) is 0 Å². The van der Waals surface area contributed by atoms with Crippen LogP contribution in [0.15, 0.2) is 0 Å². The second-order valence-corrected chi connectivity index (χ2v) is 7.13. The van der Waals surface area contributed by atoms with Crippen LogP contribution in [0.4, 0.5) is 0 Å². The molecule has 1 atom stereocenters. The van der Waals surface area contributed by atoms with Crippen LogP contribution < -0.4 is 0 Å². The maximum Gasteiger partial charge on any atom is 0.439 e. The van der Waals surface area contributed by atoms with Crippen molar-refractivity contribution in [2.45, 2.75) is 39.7 Å². The molecular formula is C8H19ClO2Si. The fraction of sp³-hybridized carbons (Fsp3) is 1.00. The van der Waals surface area contributed by atoms with Crippen molar-refractivity contribution in [1.82, 2.24) is 0 Å². The van der Waals surface area contributed by atoms with Gasteiger partial charge in [-0.3, -0.25) is 0 Å². The first-order chi connectivity index (χ1) is 5.62. The molecule has 0 radical (unpaired) electrons. The number of hydrogen-bond donors (Lipinski definition) is 0. The molecule has 0 saturated heterocycles. The smallest absolute Gasteiger partial charge is 0.383 e. The zero-order valence-corrected chi connectivity index (χ0v) is 9.99. The molecule has 0 aromatic rings. The molecule has 0 aliphatic carbocycles. The van der Waals surface area contributed by atoms with Gasteiger partial charge >= 0.3 is 7.87 Å². The fourth-order valence-corrected chi connectivity index (χ4v) is 2.57. The van der Waals surface area contributed by atoms with Crippen molar-refractivity contribution in [2.24, 2.45) is 0 Å². The van der Waals surface area contributed by atoms with Crippen LogP contribution in [0.1, 0.15) is 33.1 Å². The van der Waals surface area contributed by atoms with E-state index < -0.39 is 7.87 Å². The lowest BCUT2D eigenvalue weighted by Gasteiger charge is -2.18. The standard InChI is InChI=1S/C8H19ClO2Si/c1-4-6-7-8-11-12(3,9)10-5-2/h4-8H2,1-3H3. The molecule has 4 heteroatoms. The van der Waals surface area contributed by atoms with Gasteiger partial charge in [-0.05, 0) is 19.9 Å². The summed E-state index contributed by atoms with van der Waals surface area (Å²) in [5.41, 5.74) is 0. The van der Waals surface area contributed by atoms with Crippen LogP contribution in [-0.4, -0.2) is 21.1 Å². The maximum atomic E-state index is 6.01. The summed E-state index contributed by atoms with van der Waals surface area (Å²) in [6.45, 7) is 7.34. The monoisotopic (exact) mass is 210 g/mol. The van der Waals surface area contributed by atoms with Crippen LogP contribution in [0, 0.1) is 0 Å². The molecule has 0 aliphatic rings. The molecule has 2 nitrogen and oxygen atoms in total. The van der Waals surface area contributed by atoms with Gasteiger partial charge in [0.25, 0.3) is 0 Å². The highest BCUT2D eigenvalue weighted by Crippen LogP contribution is 2.12. The van der Waals surface area contributed by atoms with Gasteiger partial charge in [0.2, 0.25) is 0 Å². The third-order valence-electron chi connectivity index (χ3n) is 1.51. The summed E-state index contributed by atoms with van der Waals surface area (Å²) >= 11 is 6.01. The van der Waals surface area contributed by atoms with Gasteiger partial charge in [0.1, 0.15) is 0 Å². The van der Waals surface area contributed by atoms with Gasteiger partial charge in [-0.1, -0.05) is 30.8 Å². The average Bonchev–Trinajstić information content (AvgIpc) is 1.98. The Balaban J connectivity index is 3.33. The largest absolute Gasteiger partial charge is 0.439 e. The highest BCUT2D eigenvalue weighted by atomic mass is 35.6. The summed E-state index contributed by atoms with van der Waals surface area (Å²) in [5, 5.41) is 0. The van der Waals surface area contributed by atoms with Gasteiger partial charge in [0, 0.05) is 13.2 Å². The van der Waals surface area contributed by atoms with E-state index in [0.717, 1.165) is 13.0 Å². The molecule has 0 rings (SSSR count). The van der Waals surface area contributed by atoms with E-state index in [2.05, 4.69) is 6.92 Å². The Morgan fingerprint density at radius 2 is 1.83 bits per heavy atom. The van der Waals surface area contributed by atoms with Gasteiger partial charge in [-0.25, -0.2) is 0 Å². The van der Waals surface area contributed by atoms with Crippen molar-refractivity contribution >= 4 is 18.9 Å². The van der Waals surface area contributed by atoms with E-state index in [0.29, 0.717) is 6.61 Å². The summed E-state index contributed by atoms with van der Waals surface area (Å²) in [6.07, 6.45) is 3.49. The van der Waals surface area contributed by atoms with E-state index in [1.54, 1.807) is 0 Å². The molecule has 0 fully saturated rings. The van der Waals surface area contributed by atoms with Crippen LogP contribution in [0.3, 0.4) is 0 Å². The Morgan fingerprint density at radius 1 is 1.17 bits per heavy atom. The van der Waals surface area contributed by atoms with Crippen LogP contribution in [0.5, 0.6) is 0 Å². The molecular weight excluding hydrogens is 192 g/mol. The van der Waals surface area contributed by atoms with Crippen molar-refractivity contribution in [3.63, 3.8) is 0 Å². The zero-order chi connectivity index (χ0) is 9.45. The molecule has 0 aromatic heterocycles. The SMILES string of the molecule is CCCCCO[Si](C)(Cl)OCC.